The minimum Gasteiger partial charge on any atom is -0.497 e. The summed E-state index contributed by atoms with van der Waals surface area (Å²) in [5, 5.41) is 3.16. The molecule has 1 unspecified atom stereocenters. The Bertz CT molecular complexity index is 1170. The van der Waals surface area contributed by atoms with E-state index < -0.39 is 22.0 Å². The molecule has 32 heavy (non-hydrogen) atoms. The number of rotatable bonds is 9. The Morgan fingerprint density at radius 3 is 2.28 bits per heavy atom. The SMILES string of the molecule is COc1ccc(OC)c(NC(=O)C(Cc2ccccc2)NS(=O)(=O)c2ccc(Cl)cc2)c1. The van der Waals surface area contributed by atoms with E-state index in [4.69, 9.17) is 21.1 Å². The van der Waals surface area contributed by atoms with Crippen LogP contribution in [-0.4, -0.2) is 34.6 Å². The van der Waals surface area contributed by atoms with Crippen molar-refractivity contribution in [2.24, 2.45) is 0 Å². The summed E-state index contributed by atoms with van der Waals surface area (Å²) in [6.45, 7) is 0. The Kier molecular flexibility index (Phi) is 7.74. The number of nitrogens with one attached hydrogen (secondary N) is 2. The van der Waals surface area contributed by atoms with E-state index in [0.29, 0.717) is 22.2 Å². The fourth-order valence-corrected chi connectivity index (χ4v) is 4.36. The average Bonchev–Trinajstić information content (AvgIpc) is 2.79. The van der Waals surface area contributed by atoms with Crippen LogP contribution in [0.4, 0.5) is 5.69 Å². The molecule has 0 aromatic heterocycles. The van der Waals surface area contributed by atoms with Crippen LogP contribution in [-0.2, 0) is 21.2 Å². The highest BCUT2D eigenvalue weighted by atomic mass is 35.5. The van der Waals surface area contributed by atoms with Crippen LogP contribution < -0.4 is 19.5 Å². The minimum absolute atomic E-state index is 0.00622. The van der Waals surface area contributed by atoms with Crippen molar-refractivity contribution in [1.82, 2.24) is 4.72 Å². The van der Waals surface area contributed by atoms with Crippen molar-refractivity contribution < 1.29 is 22.7 Å². The lowest BCUT2D eigenvalue weighted by Crippen LogP contribution is -2.45. The third kappa shape index (κ3) is 6.00. The van der Waals surface area contributed by atoms with E-state index >= 15 is 0 Å². The standard InChI is InChI=1S/C23H23ClN2O5S/c1-30-18-10-13-22(31-2)20(15-18)25-23(27)21(14-16-6-4-3-5-7-16)26-32(28,29)19-11-8-17(24)9-12-19/h3-13,15,21,26H,14H2,1-2H3,(H,25,27). The lowest BCUT2D eigenvalue weighted by Gasteiger charge is -2.20. The van der Waals surface area contributed by atoms with E-state index in [-0.39, 0.29) is 11.3 Å². The number of benzene rings is 3. The maximum Gasteiger partial charge on any atom is 0.243 e. The fourth-order valence-electron chi connectivity index (χ4n) is 3.04. The molecule has 168 valence electrons. The summed E-state index contributed by atoms with van der Waals surface area (Å²) in [5.74, 6) is 0.388. The molecule has 0 radical (unpaired) electrons. The average molecular weight is 475 g/mol. The van der Waals surface area contributed by atoms with Gasteiger partial charge >= 0.3 is 0 Å². The van der Waals surface area contributed by atoms with E-state index in [9.17, 15) is 13.2 Å². The minimum atomic E-state index is -3.99. The zero-order valence-electron chi connectivity index (χ0n) is 17.5. The number of anilines is 1. The molecule has 3 aromatic rings. The molecule has 0 aliphatic rings. The highest BCUT2D eigenvalue weighted by Gasteiger charge is 2.27. The molecule has 7 nitrogen and oxygen atoms in total. The number of carbonyl (C=O) groups excluding carboxylic acids is 1. The van der Waals surface area contributed by atoms with E-state index in [1.807, 2.05) is 30.3 Å². The molecule has 0 saturated heterocycles. The highest BCUT2D eigenvalue weighted by Crippen LogP contribution is 2.29. The largest absolute Gasteiger partial charge is 0.497 e. The fraction of sp³-hybridized carbons (Fsp3) is 0.174. The number of halogens is 1. The Labute approximate surface area is 192 Å². The van der Waals surface area contributed by atoms with E-state index in [0.717, 1.165) is 5.56 Å². The van der Waals surface area contributed by atoms with Crippen molar-refractivity contribution in [2.75, 3.05) is 19.5 Å². The van der Waals surface area contributed by atoms with Gasteiger partial charge in [-0.2, -0.15) is 4.72 Å². The molecular formula is C23H23ClN2O5S. The number of ether oxygens (including phenoxy) is 2. The van der Waals surface area contributed by atoms with Crippen LogP contribution in [0.3, 0.4) is 0 Å². The molecule has 0 aliphatic carbocycles. The van der Waals surface area contributed by atoms with Crippen molar-refractivity contribution in [1.29, 1.82) is 0 Å². The number of carbonyl (C=O) groups is 1. The van der Waals surface area contributed by atoms with Crippen molar-refractivity contribution in [3.63, 3.8) is 0 Å². The van der Waals surface area contributed by atoms with Crippen LogP contribution in [0.15, 0.2) is 77.7 Å². The first-order valence-electron chi connectivity index (χ1n) is 9.67. The molecule has 0 heterocycles. The maximum atomic E-state index is 13.2. The first-order valence-corrected chi connectivity index (χ1v) is 11.5. The van der Waals surface area contributed by atoms with Crippen LogP contribution in [0.1, 0.15) is 5.56 Å². The van der Waals surface area contributed by atoms with Gasteiger partial charge in [0.2, 0.25) is 15.9 Å². The summed E-state index contributed by atoms with van der Waals surface area (Å²) in [6.07, 6.45) is 0.145. The lowest BCUT2D eigenvalue weighted by atomic mass is 10.1. The number of amides is 1. The number of methoxy groups -OCH3 is 2. The number of hydrogen-bond donors (Lipinski definition) is 2. The van der Waals surface area contributed by atoms with Crippen LogP contribution in [0.2, 0.25) is 5.02 Å². The maximum absolute atomic E-state index is 13.2. The summed E-state index contributed by atoms with van der Waals surface area (Å²) >= 11 is 5.87. The molecular weight excluding hydrogens is 452 g/mol. The van der Waals surface area contributed by atoms with Gasteiger partial charge in [0.25, 0.3) is 0 Å². The second kappa shape index (κ2) is 10.5. The molecule has 0 spiro atoms. The van der Waals surface area contributed by atoms with Gasteiger partial charge in [0.15, 0.2) is 0 Å². The summed E-state index contributed by atoms with van der Waals surface area (Å²) in [5.41, 5.74) is 1.16. The Morgan fingerprint density at radius 1 is 0.969 bits per heavy atom. The van der Waals surface area contributed by atoms with Gasteiger partial charge in [-0.3, -0.25) is 4.79 Å². The molecule has 0 aliphatic heterocycles. The molecule has 1 atom stereocenters. The van der Waals surface area contributed by atoms with Crippen LogP contribution in [0.5, 0.6) is 11.5 Å². The number of hydrogen-bond acceptors (Lipinski definition) is 5. The van der Waals surface area contributed by atoms with Crippen molar-refractivity contribution in [2.45, 2.75) is 17.4 Å². The summed E-state index contributed by atoms with van der Waals surface area (Å²) < 4.78 is 38.9. The highest BCUT2D eigenvalue weighted by molar-refractivity contribution is 7.89. The molecule has 2 N–H and O–H groups in total. The van der Waals surface area contributed by atoms with E-state index in [1.165, 1.54) is 38.5 Å². The van der Waals surface area contributed by atoms with E-state index in [1.54, 1.807) is 18.2 Å². The normalized spacial score (nSPS) is 12.1. The van der Waals surface area contributed by atoms with Gasteiger partial charge in [-0.1, -0.05) is 41.9 Å². The van der Waals surface area contributed by atoms with Gasteiger partial charge in [0.1, 0.15) is 17.5 Å². The third-order valence-electron chi connectivity index (χ3n) is 4.69. The topological polar surface area (TPSA) is 93.7 Å². The summed E-state index contributed by atoms with van der Waals surface area (Å²) in [6, 6.07) is 18.7. The Hall–Kier alpha value is -3.07. The Balaban J connectivity index is 1.90. The second-order valence-corrected chi connectivity index (χ2v) is 9.02. The molecule has 0 bridgehead atoms. The van der Waals surface area contributed by atoms with Crippen LogP contribution in [0.25, 0.3) is 0 Å². The first kappa shape index (κ1) is 23.6. The third-order valence-corrected chi connectivity index (χ3v) is 6.42. The van der Waals surface area contributed by atoms with Crippen LogP contribution >= 0.6 is 11.6 Å². The van der Waals surface area contributed by atoms with Gasteiger partial charge in [0.05, 0.1) is 24.8 Å². The summed E-state index contributed by atoms with van der Waals surface area (Å²) in [7, 11) is -1.01. The molecule has 0 fully saturated rings. The monoisotopic (exact) mass is 474 g/mol. The van der Waals surface area contributed by atoms with Gasteiger partial charge < -0.3 is 14.8 Å². The molecule has 1 amide bonds. The molecule has 3 rings (SSSR count). The zero-order valence-corrected chi connectivity index (χ0v) is 19.1. The lowest BCUT2D eigenvalue weighted by molar-refractivity contribution is -0.117. The predicted octanol–water partition coefficient (Wildman–Crippen LogP) is 3.89. The van der Waals surface area contributed by atoms with Gasteiger partial charge in [-0.15, -0.1) is 0 Å². The molecule has 9 heteroatoms. The number of sulfonamides is 1. The molecule has 3 aromatic carbocycles. The predicted molar refractivity (Wildman–Crippen MR) is 124 cm³/mol. The smallest absolute Gasteiger partial charge is 0.243 e. The van der Waals surface area contributed by atoms with Gasteiger partial charge in [-0.25, -0.2) is 8.42 Å². The Morgan fingerprint density at radius 2 is 1.66 bits per heavy atom. The van der Waals surface area contributed by atoms with Crippen molar-refractivity contribution in [3.8, 4) is 11.5 Å². The van der Waals surface area contributed by atoms with E-state index in [2.05, 4.69) is 10.0 Å². The van der Waals surface area contributed by atoms with Gasteiger partial charge in [-0.05, 0) is 48.4 Å². The van der Waals surface area contributed by atoms with Crippen LogP contribution in [0, 0.1) is 0 Å². The quantitative estimate of drug-likeness (QED) is 0.490. The molecule has 0 saturated carbocycles. The zero-order chi connectivity index (χ0) is 23.1. The first-order chi connectivity index (χ1) is 15.3. The van der Waals surface area contributed by atoms with Crippen molar-refractivity contribution in [3.05, 3.63) is 83.4 Å². The second-order valence-electron chi connectivity index (χ2n) is 6.87. The van der Waals surface area contributed by atoms with Crippen molar-refractivity contribution >= 4 is 33.2 Å². The summed E-state index contributed by atoms with van der Waals surface area (Å²) in [4.78, 5) is 13.2. The van der Waals surface area contributed by atoms with Gasteiger partial charge in [0, 0.05) is 11.1 Å².